The van der Waals surface area contributed by atoms with E-state index in [2.05, 4.69) is 6.58 Å². The minimum atomic E-state index is -0.566. The standard InChI is InChI=1S/C24H33NO5/c1-3-15-29-20-10-7-8-19(17-20)22(26)25-13-11-24(12-14-25,23(27)28-4-2)18-21-9-5-6-16-30-21/h3,7-8,10,17,21H,1,4-6,9,11-16,18H2,2H3/t21-/m1/s1. The molecule has 1 aromatic carbocycles. The maximum atomic E-state index is 13.0. The van der Waals surface area contributed by atoms with E-state index in [1.165, 1.54) is 0 Å². The van der Waals surface area contributed by atoms with Gasteiger partial charge in [-0.15, -0.1) is 0 Å². The lowest BCUT2D eigenvalue weighted by Gasteiger charge is -2.42. The lowest BCUT2D eigenvalue weighted by molar-refractivity contribution is -0.162. The topological polar surface area (TPSA) is 65.1 Å². The first-order chi connectivity index (χ1) is 14.6. The van der Waals surface area contributed by atoms with Crippen molar-refractivity contribution in [1.82, 2.24) is 4.90 Å². The molecule has 164 valence electrons. The van der Waals surface area contributed by atoms with Crippen LogP contribution in [0.1, 0.15) is 55.8 Å². The molecule has 0 bridgehead atoms. The summed E-state index contributed by atoms with van der Waals surface area (Å²) >= 11 is 0. The van der Waals surface area contributed by atoms with Gasteiger partial charge >= 0.3 is 5.97 Å². The molecule has 0 aromatic heterocycles. The van der Waals surface area contributed by atoms with Crippen molar-refractivity contribution in [1.29, 1.82) is 0 Å². The molecular weight excluding hydrogens is 382 g/mol. The molecule has 0 unspecified atom stereocenters. The minimum absolute atomic E-state index is 0.0366. The number of hydrogen-bond acceptors (Lipinski definition) is 5. The fourth-order valence-electron chi connectivity index (χ4n) is 4.37. The van der Waals surface area contributed by atoms with Crippen LogP contribution in [-0.4, -0.2) is 55.8 Å². The Morgan fingerprint density at radius 2 is 2.10 bits per heavy atom. The third-order valence-electron chi connectivity index (χ3n) is 6.06. The molecular formula is C24H33NO5. The summed E-state index contributed by atoms with van der Waals surface area (Å²) in [7, 11) is 0. The molecule has 0 saturated carbocycles. The third kappa shape index (κ3) is 5.42. The predicted molar refractivity (Wildman–Crippen MR) is 115 cm³/mol. The van der Waals surface area contributed by atoms with Crippen molar-refractivity contribution in [2.75, 3.05) is 32.9 Å². The summed E-state index contributed by atoms with van der Waals surface area (Å²) in [5.74, 6) is 0.463. The molecule has 1 atom stereocenters. The zero-order valence-corrected chi connectivity index (χ0v) is 17.9. The van der Waals surface area contributed by atoms with E-state index in [4.69, 9.17) is 14.2 Å². The SMILES string of the molecule is C=CCOc1cccc(C(=O)N2CCC(C[C@H]3CCCCO3)(C(=O)OCC)CC2)c1. The van der Waals surface area contributed by atoms with Gasteiger partial charge in [0.05, 0.1) is 18.1 Å². The van der Waals surface area contributed by atoms with Gasteiger partial charge in [-0.3, -0.25) is 9.59 Å². The number of esters is 1. The van der Waals surface area contributed by atoms with E-state index in [1.54, 1.807) is 18.2 Å². The lowest BCUT2D eigenvalue weighted by atomic mass is 9.73. The first-order valence-electron chi connectivity index (χ1n) is 11.0. The molecule has 0 spiro atoms. The smallest absolute Gasteiger partial charge is 0.312 e. The van der Waals surface area contributed by atoms with E-state index in [0.717, 1.165) is 25.9 Å². The van der Waals surface area contributed by atoms with Crippen LogP contribution < -0.4 is 4.74 Å². The Bertz CT molecular complexity index is 733. The van der Waals surface area contributed by atoms with Gasteiger partial charge in [-0.05, 0) is 63.6 Å². The van der Waals surface area contributed by atoms with Crippen LogP contribution in [-0.2, 0) is 14.3 Å². The molecule has 6 heteroatoms. The van der Waals surface area contributed by atoms with Crippen LogP contribution in [0.5, 0.6) is 5.75 Å². The lowest BCUT2D eigenvalue weighted by Crippen LogP contribution is -2.49. The fourth-order valence-corrected chi connectivity index (χ4v) is 4.37. The van der Waals surface area contributed by atoms with E-state index < -0.39 is 5.41 Å². The van der Waals surface area contributed by atoms with Gasteiger partial charge in [0, 0.05) is 25.3 Å². The van der Waals surface area contributed by atoms with Gasteiger partial charge < -0.3 is 19.1 Å². The van der Waals surface area contributed by atoms with E-state index in [9.17, 15) is 9.59 Å². The monoisotopic (exact) mass is 415 g/mol. The number of likely N-dealkylation sites (tertiary alicyclic amines) is 1. The minimum Gasteiger partial charge on any atom is -0.490 e. The Balaban J connectivity index is 1.67. The first kappa shape index (κ1) is 22.3. The molecule has 1 amide bonds. The van der Waals surface area contributed by atoms with Crippen molar-refractivity contribution in [3.05, 3.63) is 42.5 Å². The second-order valence-corrected chi connectivity index (χ2v) is 8.11. The highest BCUT2D eigenvalue weighted by Gasteiger charge is 2.45. The van der Waals surface area contributed by atoms with Gasteiger partial charge in [0.25, 0.3) is 5.91 Å². The summed E-state index contributed by atoms with van der Waals surface area (Å²) in [6, 6.07) is 7.20. The maximum absolute atomic E-state index is 13.0. The Labute approximate surface area is 179 Å². The molecule has 2 aliphatic rings. The largest absolute Gasteiger partial charge is 0.490 e. The van der Waals surface area contributed by atoms with Crippen LogP contribution in [0.2, 0.25) is 0 Å². The van der Waals surface area contributed by atoms with Crippen LogP contribution in [0.25, 0.3) is 0 Å². The molecule has 0 aliphatic carbocycles. The van der Waals surface area contributed by atoms with Crippen molar-refractivity contribution in [2.45, 2.75) is 51.6 Å². The summed E-state index contributed by atoms with van der Waals surface area (Å²) < 4.78 is 16.9. The third-order valence-corrected chi connectivity index (χ3v) is 6.06. The number of hydrogen-bond donors (Lipinski definition) is 0. The van der Waals surface area contributed by atoms with Gasteiger partial charge in [-0.2, -0.15) is 0 Å². The molecule has 0 N–H and O–H groups in total. The van der Waals surface area contributed by atoms with E-state index in [0.29, 0.717) is 56.9 Å². The summed E-state index contributed by atoms with van der Waals surface area (Å²) in [4.78, 5) is 27.7. The highest BCUT2D eigenvalue weighted by Crippen LogP contribution is 2.40. The van der Waals surface area contributed by atoms with E-state index in [1.807, 2.05) is 24.0 Å². The van der Waals surface area contributed by atoms with Gasteiger partial charge in [0.15, 0.2) is 0 Å². The van der Waals surface area contributed by atoms with Gasteiger partial charge in [-0.1, -0.05) is 18.7 Å². The summed E-state index contributed by atoms with van der Waals surface area (Å²) in [5, 5.41) is 0. The van der Waals surface area contributed by atoms with Crippen LogP contribution in [0.3, 0.4) is 0 Å². The van der Waals surface area contributed by atoms with Crippen LogP contribution >= 0.6 is 0 Å². The second kappa shape index (κ2) is 10.6. The second-order valence-electron chi connectivity index (χ2n) is 8.11. The number of ether oxygens (including phenoxy) is 3. The molecule has 6 nitrogen and oxygen atoms in total. The number of rotatable bonds is 8. The summed E-state index contributed by atoms with van der Waals surface area (Å²) in [5.41, 5.74) is 0.0276. The number of carbonyl (C=O) groups is 2. The normalized spacial score (nSPS) is 21.0. The van der Waals surface area contributed by atoms with Crippen molar-refractivity contribution < 1.29 is 23.8 Å². The number of amides is 1. The Morgan fingerprint density at radius 1 is 1.30 bits per heavy atom. The molecule has 0 radical (unpaired) electrons. The predicted octanol–water partition coefficient (Wildman–Crippen LogP) is 4.00. The Morgan fingerprint density at radius 3 is 2.77 bits per heavy atom. The zero-order valence-electron chi connectivity index (χ0n) is 17.9. The molecule has 2 saturated heterocycles. The average Bonchev–Trinajstić information content (AvgIpc) is 2.79. The van der Waals surface area contributed by atoms with Crippen molar-refractivity contribution in [3.63, 3.8) is 0 Å². The zero-order chi connectivity index (χ0) is 21.4. The van der Waals surface area contributed by atoms with E-state index in [-0.39, 0.29) is 18.0 Å². The van der Waals surface area contributed by atoms with Gasteiger partial charge in [0.1, 0.15) is 12.4 Å². The Hall–Kier alpha value is -2.34. The van der Waals surface area contributed by atoms with E-state index >= 15 is 0 Å². The highest BCUT2D eigenvalue weighted by atomic mass is 16.5. The number of nitrogens with zero attached hydrogens (tertiary/aromatic N) is 1. The number of benzene rings is 1. The average molecular weight is 416 g/mol. The molecule has 2 aliphatic heterocycles. The van der Waals surface area contributed by atoms with Crippen molar-refractivity contribution in [2.24, 2.45) is 5.41 Å². The van der Waals surface area contributed by atoms with Crippen LogP contribution in [0.4, 0.5) is 0 Å². The number of piperidine rings is 1. The molecule has 2 fully saturated rings. The van der Waals surface area contributed by atoms with Gasteiger partial charge in [0.2, 0.25) is 0 Å². The van der Waals surface area contributed by atoms with Crippen LogP contribution in [0, 0.1) is 5.41 Å². The number of carbonyl (C=O) groups excluding carboxylic acids is 2. The maximum Gasteiger partial charge on any atom is 0.312 e. The quantitative estimate of drug-likeness (QED) is 0.474. The fraction of sp³-hybridized carbons (Fsp3) is 0.583. The molecule has 3 rings (SSSR count). The Kier molecular flexibility index (Phi) is 7.91. The highest BCUT2D eigenvalue weighted by molar-refractivity contribution is 5.94. The molecule has 1 aromatic rings. The van der Waals surface area contributed by atoms with Crippen LogP contribution in [0.15, 0.2) is 36.9 Å². The molecule has 2 heterocycles. The van der Waals surface area contributed by atoms with Gasteiger partial charge in [-0.25, -0.2) is 0 Å². The molecule has 30 heavy (non-hydrogen) atoms. The first-order valence-corrected chi connectivity index (χ1v) is 11.0. The van der Waals surface area contributed by atoms with Crippen molar-refractivity contribution in [3.8, 4) is 5.75 Å². The summed E-state index contributed by atoms with van der Waals surface area (Å²) in [6.45, 7) is 8.06. The summed E-state index contributed by atoms with van der Waals surface area (Å²) in [6.07, 6.45) is 6.86. The van der Waals surface area contributed by atoms with Crippen molar-refractivity contribution >= 4 is 11.9 Å².